The van der Waals surface area contributed by atoms with Crippen molar-refractivity contribution in [3.8, 4) is 34.8 Å². The van der Waals surface area contributed by atoms with Crippen molar-refractivity contribution < 1.29 is 58.7 Å². The SMILES string of the molecule is COc1c(NC(=O)c2ccc(NC(=O)c3ccc(NC(=O)C(CC#N)NC(=O)c4ccc(NC(=O)CCc5ccc(O)cc5)cc4)cc3)c(OC)c2O)ccc(C(=O)O)c1O. The van der Waals surface area contributed by atoms with Crippen LogP contribution in [0.1, 0.15) is 59.8 Å². The number of nitrogens with zero attached hydrogens (tertiary/aromatic N) is 1. The fourth-order valence-electron chi connectivity index (χ4n) is 5.82. The summed E-state index contributed by atoms with van der Waals surface area (Å²) in [7, 11) is 2.35. The first-order valence-corrected chi connectivity index (χ1v) is 18.1. The lowest BCUT2D eigenvalue weighted by Crippen LogP contribution is -2.43. The van der Waals surface area contributed by atoms with E-state index in [1.54, 1.807) is 12.1 Å². The molecule has 61 heavy (non-hydrogen) atoms. The number of hydrogen-bond donors (Lipinski definition) is 9. The molecule has 0 aliphatic rings. The van der Waals surface area contributed by atoms with Gasteiger partial charge in [-0.05, 0) is 96.9 Å². The smallest absolute Gasteiger partial charge is 0.339 e. The zero-order valence-electron chi connectivity index (χ0n) is 32.4. The molecule has 5 aromatic rings. The average Bonchev–Trinajstić information content (AvgIpc) is 3.23. The van der Waals surface area contributed by atoms with Gasteiger partial charge in [0.05, 0.1) is 43.6 Å². The van der Waals surface area contributed by atoms with Gasteiger partial charge in [-0.15, -0.1) is 0 Å². The first-order chi connectivity index (χ1) is 29.2. The number of carboxylic acids is 1. The van der Waals surface area contributed by atoms with Gasteiger partial charge in [0, 0.05) is 28.9 Å². The number of aryl methyl sites for hydroxylation is 1. The molecule has 0 saturated heterocycles. The maximum Gasteiger partial charge on any atom is 0.339 e. The van der Waals surface area contributed by atoms with E-state index in [4.69, 9.17) is 9.47 Å². The molecule has 0 saturated carbocycles. The Hall–Kier alpha value is -8.59. The summed E-state index contributed by atoms with van der Waals surface area (Å²) in [5.74, 6) is -6.43. The van der Waals surface area contributed by atoms with E-state index in [1.165, 1.54) is 86.0 Å². The molecular weight excluding hydrogens is 793 g/mol. The highest BCUT2D eigenvalue weighted by molar-refractivity contribution is 6.10. The maximum atomic E-state index is 13.2. The molecule has 5 aromatic carbocycles. The molecule has 1 unspecified atom stereocenters. The second-order valence-corrected chi connectivity index (χ2v) is 13.0. The van der Waals surface area contributed by atoms with Crippen LogP contribution in [0.5, 0.6) is 28.7 Å². The molecule has 0 spiro atoms. The number of anilines is 4. The number of aromatic carboxylic acids is 1. The largest absolute Gasteiger partial charge is 0.508 e. The van der Waals surface area contributed by atoms with Gasteiger partial charge in [-0.3, -0.25) is 24.0 Å². The molecule has 1 atom stereocenters. The van der Waals surface area contributed by atoms with E-state index in [2.05, 4.69) is 26.6 Å². The summed E-state index contributed by atoms with van der Waals surface area (Å²) >= 11 is 0. The molecule has 312 valence electrons. The molecule has 5 amide bonds. The Morgan fingerprint density at radius 1 is 0.623 bits per heavy atom. The van der Waals surface area contributed by atoms with Crippen molar-refractivity contribution >= 4 is 58.3 Å². The predicted molar refractivity (Wildman–Crippen MR) is 220 cm³/mol. The summed E-state index contributed by atoms with van der Waals surface area (Å²) in [6.45, 7) is 0. The number of carbonyl (C=O) groups is 6. The van der Waals surface area contributed by atoms with E-state index in [-0.39, 0.29) is 69.7 Å². The van der Waals surface area contributed by atoms with Crippen molar-refractivity contribution in [1.82, 2.24) is 5.32 Å². The van der Waals surface area contributed by atoms with Crippen LogP contribution in [0.4, 0.5) is 22.7 Å². The maximum absolute atomic E-state index is 13.2. The minimum Gasteiger partial charge on any atom is -0.508 e. The monoisotopic (exact) mass is 830 g/mol. The van der Waals surface area contributed by atoms with Crippen LogP contribution < -0.4 is 36.1 Å². The number of ether oxygens (including phenoxy) is 2. The highest BCUT2D eigenvalue weighted by Crippen LogP contribution is 2.40. The molecule has 5 rings (SSSR count). The highest BCUT2D eigenvalue weighted by atomic mass is 16.5. The van der Waals surface area contributed by atoms with Crippen molar-refractivity contribution in [1.29, 1.82) is 5.26 Å². The number of amides is 5. The van der Waals surface area contributed by atoms with Crippen molar-refractivity contribution in [3.05, 3.63) is 125 Å². The summed E-state index contributed by atoms with van der Waals surface area (Å²) in [5, 5.41) is 62.1. The number of aromatic hydroxyl groups is 3. The molecule has 0 aliphatic heterocycles. The molecule has 18 nitrogen and oxygen atoms in total. The third-order valence-electron chi connectivity index (χ3n) is 8.98. The van der Waals surface area contributed by atoms with Gasteiger partial charge in [0.1, 0.15) is 17.4 Å². The molecule has 0 fully saturated rings. The normalized spacial score (nSPS) is 10.9. The van der Waals surface area contributed by atoms with E-state index in [1.807, 2.05) is 6.07 Å². The number of phenolic OH excluding ortho intramolecular Hbond substituents is 2. The predicted octanol–water partition coefficient (Wildman–Crippen LogP) is 5.25. The Bertz CT molecular complexity index is 2520. The summed E-state index contributed by atoms with van der Waals surface area (Å²) in [4.78, 5) is 76.2. The van der Waals surface area contributed by atoms with Crippen LogP contribution in [-0.4, -0.2) is 76.2 Å². The fraction of sp³-hybridized carbons (Fsp3) is 0.140. The number of benzene rings is 5. The van der Waals surface area contributed by atoms with Gasteiger partial charge in [0.15, 0.2) is 23.0 Å². The molecule has 18 heteroatoms. The number of carbonyl (C=O) groups excluding carboxylic acids is 5. The number of rotatable bonds is 16. The van der Waals surface area contributed by atoms with Gasteiger partial charge in [-0.25, -0.2) is 4.79 Å². The van der Waals surface area contributed by atoms with Crippen LogP contribution in [0, 0.1) is 11.3 Å². The van der Waals surface area contributed by atoms with Gasteiger partial charge in [-0.2, -0.15) is 5.26 Å². The minimum absolute atomic E-state index is 0.0172. The Morgan fingerprint density at radius 2 is 1.13 bits per heavy atom. The molecular formula is C43H38N6O12. The third kappa shape index (κ3) is 10.9. The van der Waals surface area contributed by atoms with Gasteiger partial charge in [-0.1, -0.05) is 12.1 Å². The van der Waals surface area contributed by atoms with Gasteiger partial charge < -0.3 is 56.5 Å². The third-order valence-corrected chi connectivity index (χ3v) is 8.98. The van der Waals surface area contributed by atoms with Crippen molar-refractivity contribution in [2.24, 2.45) is 0 Å². The number of methoxy groups -OCH3 is 2. The van der Waals surface area contributed by atoms with Crippen LogP contribution in [-0.2, 0) is 16.0 Å². The second-order valence-electron chi connectivity index (χ2n) is 13.0. The van der Waals surface area contributed by atoms with Crippen LogP contribution in [0.3, 0.4) is 0 Å². The van der Waals surface area contributed by atoms with Crippen LogP contribution in [0.25, 0.3) is 0 Å². The number of phenols is 3. The van der Waals surface area contributed by atoms with Gasteiger partial charge in [0.2, 0.25) is 11.8 Å². The molecule has 0 bridgehead atoms. The van der Waals surface area contributed by atoms with Crippen LogP contribution in [0.15, 0.2) is 97.1 Å². The van der Waals surface area contributed by atoms with Crippen molar-refractivity contribution in [2.75, 3.05) is 35.5 Å². The molecule has 0 aliphatic carbocycles. The Kier molecular flexibility index (Phi) is 14.1. The first-order valence-electron chi connectivity index (χ1n) is 18.1. The molecule has 9 N–H and O–H groups in total. The average molecular weight is 831 g/mol. The standard InChI is InChI=1S/C43H38N6O12/c1-60-37-31(18-16-29(35(37)52)41(56)48-32-19-17-30(43(58)59)36(53)38(32)61-2)47-39(54)24-8-12-27(13-9-24)46-42(57)33(21-22-44)49-40(55)25-6-10-26(11-7-25)45-34(51)20-5-23-3-14-28(50)15-4-23/h3-4,6-19,33,50,52-53H,5,20-21H2,1-2H3,(H,45,51)(H,46,57)(H,47,54)(H,48,56)(H,49,55)(H,58,59). The lowest BCUT2D eigenvalue weighted by molar-refractivity contribution is -0.118. The summed E-state index contributed by atoms with van der Waals surface area (Å²) in [6, 6.07) is 23.4. The number of hydrogen-bond acceptors (Lipinski definition) is 12. The summed E-state index contributed by atoms with van der Waals surface area (Å²) in [6.07, 6.45) is 0.289. The number of nitriles is 1. The molecule has 0 aromatic heterocycles. The van der Waals surface area contributed by atoms with E-state index < -0.39 is 52.7 Å². The number of nitrogens with one attached hydrogen (secondary N) is 5. The van der Waals surface area contributed by atoms with E-state index in [0.717, 1.165) is 18.7 Å². The van der Waals surface area contributed by atoms with E-state index >= 15 is 0 Å². The van der Waals surface area contributed by atoms with Crippen LogP contribution >= 0.6 is 0 Å². The Morgan fingerprint density at radius 3 is 1.67 bits per heavy atom. The molecule has 0 radical (unpaired) electrons. The van der Waals surface area contributed by atoms with E-state index in [0.29, 0.717) is 12.1 Å². The fourth-order valence-corrected chi connectivity index (χ4v) is 5.82. The highest BCUT2D eigenvalue weighted by Gasteiger charge is 2.25. The first kappa shape index (κ1) is 43.5. The minimum atomic E-state index is -1.43. The van der Waals surface area contributed by atoms with Crippen molar-refractivity contribution in [3.63, 3.8) is 0 Å². The lowest BCUT2D eigenvalue weighted by Gasteiger charge is -2.17. The topological polar surface area (TPSA) is 286 Å². The Balaban J connectivity index is 1.16. The second kappa shape index (κ2) is 19.7. The summed E-state index contributed by atoms with van der Waals surface area (Å²) < 4.78 is 10.3. The number of carboxylic acid groups (broad SMARTS) is 1. The quantitative estimate of drug-likeness (QED) is 0.0615. The van der Waals surface area contributed by atoms with Gasteiger partial charge in [0.25, 0.3) is 17.7 Å². The van der Waals surface area contributed by atoms with Crippen molar-refractivity contribution in [2.45, 2.75) is 25.3 Å². The van der Waals surface area contributed by atoms with Crippen LogP contribution in [0.2, 0.25) is 0 Å². The zero-order valence-corrected chi connectivity index (χ0v) is 32.4. The molecule has 0 heterocycles. The van der Waals surface area contributed by atoms with E-state index in [9.17, 15) is 54.5 Å². The summed E-state index contributed by atoms with van der Waals surface area (Å²) in [5.41, 5.74) is 0.956. The Labute approximate surface area is 347 Å². The zero-order chi connectivity index (χ0) is 44.2. The lowest BCUT2D eigenvalue weighted by atomic mass is 10.1. The van der Waals surface area contributed by atoms with Gasteiger partial charge >= 0.3 is 5.97 Å².